The molecule has 0 N–H and O–H groups in total. The van der Waals surface area contributed by atoms with E-state index in [9.17, 15) is 14.9 Å². The lowest BCUT2D eigenvalue weighted by Crippen LogP contribution is -2.26. The molecule has 6 nitrogen and oxygen atoms in total. The van der Waals surface area contributed by atoms with Crippen molar-refractivity contribution in [3.05, 3.63) is 27.9 Å². The molecule has 0 radical (unpaired) electrons. The van der Waals surface area contributed by atoms with Gasteiger partial charge in [0.15, 0.2) is 0 Å². The second-order valence-corrected chi connectivity index (χ2v) is 4.93. The molecule has 0 bridgehead atoms. The molecule has 0 aliphatic carbocycles. The second-order valence-electron chi connectivity index (χ2n) is 4.28. The minimum absolute atomic E-state index is 0.111. The highest BCUT2D eigenvalue weighted by Gasteiger charge is 2.34. The monoisotopic (exact) mass is 313 g/mol. The van der Waals surface area contributed by atoms with Crippen molar-refractivity contribution in [1.82, 2.24) is 4.98 Å². The summed E-state index contributed by atoms with van der Waals surface area (Å²) in [6.07, 6.45) is 0.401. The number of amides is 1. The van der Waals surface area contributed by atoms with E-state index in [4.69, 9.17) is 0 Å². The van der Waals surface area contributed by atoms with Crippen LogP contribution in [0.3, 0.4) is 0 Å². The molecule has 1 fully saturated rings. The van der Waals surface area contributed by atoms with Gasteiger partial charge in [0.2, 0.25) is 11.7 Å². The van der Waals surface area contributed by atoms with Crippen LogP contribution in [0.15, 0.2) is 12.1 Å². The highest BCUT2D eigenvalue weighted by Crippen LogP contribution is 2.31. The zero-order chi connectivity index (χ0) is 13.3. The van der Waals surface area contributed by atoms with Crippen LogP contribution in [-0.4, -0.2) is 27.7 Å². The predicted octanol–water partition coefficient (Wildman–Crippen LogP) is 2.05. The summed E-state index contributed by atoms with van der Waals surface area (Å²) >= 11 is 3.33. The largest absolute Gasteiger partial charge is 0.312 e. The fourth-order valence-corrected chi connectivity index (χ4v) is 2.40. The number of anilines is 1. The van der Waals surface area contributed by atoms with E-state index in [1.54, 1.807) is 13.0 Å². The Hall–Kier alpha value is -1.50. The van der Waals surface area contributed by atoms with Crippen LogP contribution < -0.4 is 4.90 Å². The third kappa shape index (κ3) is 2.35. The average Bonchev–Trinajstić information content (AvgIpc) is 2.70. The van der Waals surface area contributed by atoms with Crippen LogP contribution in [0.2, 0.25) is 0 Å². The van der Waals surface area contributed by atoms with Crippen molar-refractivity contribution < 1.29 is 9.72 Å². The molecular formula is C11H12BrN3O3. The first-order valence-corrected chi connectivity index (χ1v) is 6.63. The van der Waals surface area contributed by atoms with E-state index in [1.807, 2.05) is 0 Å². The molecule has 1 aliphatic rings. The summed E-state index contributed by atoms with van der Waals surface area (Å²) in [5.74, 6) is 0.230. The standard InChI is InChI=1S/C11H12BrN3O3/c1-7-2-3-9(15(17)18)11(13-7)14-6-8(5-12)4-10(14)16/h2-3,8H,4-6H2,1H3. The number of carbonyl (C=O) groups is 1. The van der Waals surface area contributed by atoms with Crippen molar-refractivity contribution in [1.29, 1.82) is 0 Å². The summed E-state index contributed by atoms with van der Waals surface area (Å²) in [6, 6.07) is 2.97. The Kier molecular flexibility index (Phi) is 3.60. The van der Waals surface area contributed by atoms with E-state index in [0.717, 1.165) is 0 Å². The minimum Gasteiger partial charge on any atom is -0.291 e. The maximum absolute atomic E-state index is 11.9. The molecule has 2 heterocycles. The molecule has 0 aromatic carbocycles. The molecule has 0 spiro atoms. The molecular weight excluding hydrogens is 302 g/mol. The fourth-order valence-electron chi connectivity index (χ4n) is 1.97. The number of alkyl halides is 1. The summed E-state index contributed by atoms with van der Waals surface area (Å²) < 4.78 is 0. The van der Waals surface area contributed by atoms with Gasteiger partial charge in [-0.3, -0.25) is 19.8 Å². The Morgan fingerprint density at radius 1 is 1.61 bits per heavy atom. The van der Waals surface area contributed by atoms with Gasteiger partial charge in [-0.2, -0.15) is 0 Å². The average molecular weight is 314 g/mol. The molecule has 1 aliphatic heterocycles. The van der Waals surface area contributed by atoms with Crippen molar-refractivity contribution in [2.24, 2.45) is 5.92 Å². The molecule has 1 aromatic rings. The first-order chi connectivity index (χ1) is 8.52. The zero-order valence-corrected chi connectivity index (χ0v) is 11.4. The number of nitro groups is 1. The van der Waals surface area contributed by atoms with Gasteiger partial charge in [0.05, 0.1) is 4.92 Å². The maximum Gasteiger partial charge on any atom is 0.312 e. The highest BCUT2D eigenvalue weighted by atomic mass is 79.9. The second kappa shape index (κ2) is 5.01. The van der Waals surface area contributed by atoms with Gasteiger partial charge in [-0.25, -0.2) is 4.98 Å². The molecule has 1 aromatic heterocycles. The summed E-state index contributed by atoms with van der Waals surface area (Å²) in [5, 5.41) is 11.7. The molecule has 1 saturated heterocycles. The number of halogens is 1. The van der Waals surface area contributed by atoms with Gasteiger partial charge in [-0.05, 0) is 18.9 Å². The number of carbonyl (C=O) groups excluding carboxylic acids is 1. The molecule has 2 rings (SSSR count). The molecule has 18 heavy (non-hydrogen) atoms. The van der Waals surface area contributed by atoms with Crippen molar-refractivity contribution in [2.75, 3.05) is 16.8 Å². The van der Waals surface area contributed by atoms with Gasteiger partial charge in [-0.15, -0.1) is 0 Å². The maximum atomic E-state index is 11.9. The number of nitrogens with zero attached hydrogens (tertiary/aromatic N) is 3. The van der Waals surface area contributed by atoms with Gasteiger partial charge in [-0.1, -0.05) is 15.9 Å². The van der Waals surface area contributed by atoms with Crippen molar-refractivity contribution in [3.8, 4) is 0 Å². The molecule has 1 unspecified atom stereocenters. The van der Waals surface area contributed by atoms with Gasteiger partial charge < -0.3 is 0 Å². The van der Waals surface area contributed by atoms with E-state index in [-0.39, 0.29) is 23.3 Å². The van der Waals surface area contributed by atoms with Crippen LogP contribution in [-0.2, 0) is 4.79 Å². The topological polar surface area (TPSA) is 76.3 Å². The Morgan fingerprint density at radius 2 is 2.33 bits per heavy atom. The number of hydrogen-bond acceptors (Lipinski definition) is 4. The minimum atomic E-state index is -0.503. The lowest BCUT2D eigenvalue weighted by Gasteiger charge is -2.15. The van der Waals surface area contributed by atoms with Crippen LogP contribution in [0.1, 0.15) is 12.1 Å². The van der Waals surface area contributed by atoms with Crippen molar-refractivity contribution in [2.45, 2.75) is 13.3 Å². The van der Waals surface area contributed by atoms with Gasteiger partial charge in [0.25, 0.3) is 0 Å². The van der Waals surface area contributed by atoms with E-state index in [0.29, 0.717) is 24.0 Å². The van der Waals surface area contributed by atoms with Crippen LogP contribution in [0, 0.1) is 23.0 Å². The Bertz CT molecular complexity index is 506. The first kappa shape index (κ1) is 12.9. The lowest BCUT2D eigenvalue weighted by molar-refractivity contribution is -0.384. The van der Waals surface area contributed by atoms with Gasteiger partial charge in [0.1, 0.15) is 0 Å². The Morgan fingerprint density at radius 3 is 2.89 bits per heavy atom. The summed E-state index contributed by atoms with van der Waals surface area (Å²) in [7, 11) is 0. The molecule has 1 amide bonds. The van der Waals surface area contributed by atoms with Gasteiger partial charge >= 0.3 is 5.69 Å². The molecule has 96 valence electrons. The fraction of sp³-hybridized carbons (Fsp3) is 0.455. The summed E-state index contributed by atoms with van der Waals surface area (Å²) in [5.41, 5.74) is 0.537. The SMILES string of the molecule is Cc1ccc([N+](=O)[O-])c(N2CC(CBr)CC2=O)n1. The van der Waals surface area contributed by atoms with Crippen LogP contribution in [0.25, 0.3) is 0 Å². The number of pyridine rings is 1. The van der Waals surface area contributed by atoms with E-state index >= 15 is 0 Å². The van der Waals surface area contributed by atoms with Crippen LogP contribution >= 0.6 is 15.9 Å². The number of aromatic nitrogens is 1. The molecule has 1 atom stereocenters. The smallest absolute Gasteiger partial charge is 0.291 e. The predicted molar refractivity (Wildman–Crippen MR) is 69.9 cm³/mol. The zero-order valence-electron chi connectivity index (χ0n) is 9.80. The quantitative estimate of drug-likeness (QED) is 0.486. The number of rotatable bonds is 3. The van der Waals surface area contributed by atoms with Crippen LogP contribution in [0.4, 0.5) is 11.5 Å². The Balaban J connectivity index is 2.41. The number of hydrogen-bond donors (Lipinski definition) is 0. The lowest BCUT2D eigenvalue weighted by atomic mass is 10.2. The Labute approximate surface area is 112 Å². The van der Waals surface area contributed by atoms with Gasteiger partial charge in [0, 0.05) is 30.1 Å². The summed E-state index contributed by atoms with van der Waals surface area (Å²) in [6.45, 7) is 2.22. The normalized spacial score (nSPS) is 19.3. The third-order valence-electron chi connectivity index (χ3n) is 2.87. The van der Waals surface area contributed by atoms with Crippen LogP contribution in [0.5, 0.6) is 0 Å². The van der Waals surface area contributed by atoms with Crippen molar-refractivity contribution in [3.63, 3.8) is 0 Å². The first-order valence-electron chi connectivity index (χ1n) is 5.51. The van der Waals surface area contributed by atoms with E-state index < -0.39 is 4.92 Å². The highest BCUT2D eigenvalue weighted by molar-refractivity contribution is 9.09. The number of aryl methyl sites for hydroxylation is 1. The van der Waals surface area contributed by atoms with E-state index in [1.165, 1.54) is 11.0 Å². The van der Waals surface area contributed by atoms with E-state index in [2.05, 4.69) is 20.9 Å². The third-order valence-corrected chi connectivity index (χ3v) is 3.79. The molecule has 0 saturated carbocycles. The van der Waals surface area contributed by atoms with Crippen molar-refractivity contribution >= 4 is 33.3 Å². The summed E-state index contributed by atoms with van der Waals surface area (Å²) in [4.78, 5) is 27.9. The molecule has 7 heteroatoms.